The molecule has 0 saturated heterocycles. The van der Waals surface area contributed by atoms with E-state index in [1.807, 2.05) is 0 Å². The fraction of sp³-hybridized carbons (Fsp3) is 0.500. The lowest BCUT2D eigenvalue weighted by atomic mass is 9.58. The van der Waals surface area contributed by atoms with E-state index in [0.29, 0.717) is 10.8 Å². The van der Waals surface area contributed by atoms with Crippen LogP contribution in [0.25, 0.3) is 0 Å². The standard InChI is InChI=1S/C16H20/c1-15(2)13-9-10-14(11-13)16(15,3)12-7-5-4-6-8-12/h4-10,13-14H,11H2,1-3H3. The molecule has 0 spiro atoms. The van der Waals surface area contributed by atoms with Gasteiger partial charge in [0.1, 0.15) is 0 Å². The zero-order chi connectivity index (χ0) is 11.4. The van der Waals surface area contributed by atoms with Crippen molar-refractivity contribution in [1.29, 1.82) is 0 Å². The van der Waals surface area contributed by atoms with Crippen molar-refractivity contribution in [1.82, 2.24) is 0 Å². The molecule has 16 heavy (non-hydrogen) atoms. The molecule has 1 saturated carbocycles. The Bertz CT molecular complexity index is 427. The van der Waals surface area contributed by atoms with Gasteiger partial charge in [-0.3, -0.25) is 0 Å². The second kappa shape index (κ2) is 3.00. The highest BCUT2D eigenvalue weighted by Crippen LogP contribution is 2.63. The van der Waals surface area contributed by atoms with Crippen molar-refractivity contribution in [2.24, 2.45) is 17.3 Å². The van der Waals surface area contributed by atoms with E-state index >= 15 is 0 Å². The Labute approximate surface area is 98.4 Å². The fourth-order valence-corrected chi connectivity index (χ4v) is 3.90. The smallest absolute Gasteiger partial charge is 0.00443 e. The second-order valence-corrected chi connectivity index (χ2v) is 6.12. The number of benzene rings is 1. The van der Waals surface area contributed by atoms with Gasteiger partial charge in [-0.25, -0.2) is 0 Å². The van der Waals surface area contributed by atoms with Gasteiger partial charge < -0.3 is 0 Å². The van der Waals surface area contributed by atoms with Crippen LogP contribution >= 0.6 is 0 Å². The van der Waals surface area contributed by atoms with Crippen LogP contribution in [0.5, 0.6) is 0 Å². The molecule has 0 aliphatic heterocycles. The number of rotatable bonds is 1. The Hall–Kier alpha value is -1.04. The summed E-state index contributed by atoms with van der Waals surface area (Å²) in [5.74, 6) is 1.50. The SMILES string of the molecule is CC1(C)C2C=CC(C2)C1(C)c1ccccc1. The van der Waals surface area contributed by atoms with Crippen LogP contribution in [0.15, 0.2) is 42.5 Å². The fourth-order valence-electron chi connectivity index (χ4n) is 3.90. The average molecular weight is 212 g/mol. The summed E-state index contributed by atoms with van der Waals surface area (Å²) >= 11 is 0. The van der Waals surface area contributed by atoms with Gasteiger partial charge in [-0.2, -0.15) is 0 Å². The van der Waals surface area contributed by atoms with Crippen LogP contribution in [0, 0.1) is 17.3 Å². The van der Waals surface area contributed by atoms with Crippen LogP contribution in [-0.2, 0) is 5.41 Å². The van der Waals surface area contributed by atoms with Crippen LogP contribution in [0.3, 0.4) is 0 Å². The van der Waals surface area contributed by atoms with E-state index in [2.05, 4.69) is 63.3 Å². The average Bonchev–Trinajstić information content (AvgIpc) is 2.84. The van der Waals surface area contributed by atoms with Gasteiger partial charge >= 0.3 is 0 Å². The number of allylic oxidation sites excluding steroid dienone is 2. The molecule has 1 aromatic rings. The Kier molecular flexibility index (Phi) is 1.90. The van der Waals surface area contributed by atoms with Crippen molar-refractivity contribution >= 4 is 0 Å². The van der Waals surface area contributed by atoms with Gasteiger partial charge in [0, 0.05) is 5.41 Å². The zero-order valence-electron chi connectivity index (χ0n) is 10.4. The summed E-state index contributed by atoms with van der Waals surface area (Å²) in [4.78, 5) is 0. The van der Waals surface area contributed by atoms with Gasteiger partial charge in [0.05, 0.1) is 0 Å². The largest absolute Gasteiger partial charge is 0.0845 e. The minimum absolute atomic E-state index is 0.313. The van der Waals surface area contributed by atoms with Crippen molar-refractivity contribution in [3.05, 3.63) is 48.0 Å². The summed E-state index contributed by atoms with van der Waals surface area (Å²) in [5, 5.41) is 0. The van der Waals surface area contributed by atoms with E-state index < -0.39 is 0 Å². The molecule has 2 aliphatic carbocycles. The minimum atomic E-state index is 0.313. The molecule has 1 fully saturated rings. The highest BCUT2D eigenvalue weighted by Gasteiger charge is 2.58. The number of fused-ring (bicyclic) bond motifs is 2. The molecule has 0 radical (unpaired) electrons. The number of hydrogen-bond acceptors (Lipinski definition) is 0. The molecule has 2 aliphatic rings. The van der Waals surface area contributed by atoms with Gasteiger partial charge in [-0.15, -0.1) is 0 Å². The lowest BCUT2D eigenvalue weighted by Gasteiger charge is -2.46. The van der Waals surface area contributed by atoms with Crippen LogP contribution in [0.4, 0.5) is 0 Å². The molecule has 0 heteroatoms. The zero-order valence-corrected chi connectivity index (χ0v) is 10.4. The lowest BCUT2D eigenvalue weighted by molar-refractivity contribution is 0.159. The first-order valence-corrected chi connectivity index (χ1v) is 6.30. The predicted molar refractivity (Wildman–Crippen MR) is 68.3 cm³/mol. The Balaban J connectivity index is 2.15. The first-order chi connectivity index (χ1) is 7.57. The molecule has 3 unspecified atom stereocenters. The van der Waals surface area contributed by atoms with Crippen molar-refractivity contribution in [3.8, 4) is 0 Å². The van der Waals surface area contributed by atoms with E-state index in [4.69, 9.17) is 0 Å². The van der Waals surface area contributed by atoms with Gasteiger partial charge in [-0.1, -0.05) is 63.3 Å². The topological polar surface area (TPSA) is 0 Å². The maximum absolute atomic E-state index is 2.45. The Morgan fingerprint density at radius 1 is 0.938 bits per heavy atom. The second-order valence-electron chi connectivity index (χ2n) is 6.12. The van der Waals surface area contributed by atoms with Crippen molar-refractivity contribution in [3.63, 3.8) is 0 Å². The van der Waals surface area contributed by atoms with E-state index in [-0.39, 0.29) is 0 Å². The van der Waals surface area contributed by atoms with Gasteiger partial charge in [-0.05, 0) is 29.2 Å². The Morgan fingerprint density at radius 3 is 2.12 bits per heavy atom. The van der Waals surface area contributed by atoms with Crippen LogP contribution in [-0.4, -0.2) is 0 Å². The van der Waals surface area contributed by atoms with Gasteiger partial charge in [0.25, 0.3) is 0 Å². The monoisotopic (exact) mass is 212 g/mol. The first kappa shape index (κ1) is 10.1. The van der Waals surface area contributed by atoms with Crippen LogP contribution in [0.2, 0.25) is 0 Å². The summed E-state index contributed by atoms with van der Waals surface area (Å²) in [7, 11) is 0. The van der Waals surface area contributed by atoms with Crippen molar-refractivity contribution in [2.45, 2.75) is 32.6 Å². The first-order valence-electron chi connectivity index (χ1n) is 6.30. The van der Waals surface area contributed by atoms with Crippen molar-refractivity contribution in [2.75, 3.05) is 0 Å². The summed E-state index contributed by atoms with van der Waals surface area (Å²) in [6.45, 7) is 7.33. The molecule has 0 N–H and O–H groups in total. The molecule has 3 rings (SSSR count). The lowest BCUT2D eigenvalue weighted by Crippen LogP contribution is -2.42. The third-order valence-corrected chi connectivity index (χ3v) is 5.46. The molecule has 2 bridgehead atoms. The number of hydrogen-bond donors (Lipinski definition) is 0. The van der Waals surface area contributed by atoms with E-state index in [9.17, 15) is 0 Å². The minimum Gasteiger partial charge on any atom is -0.0845 e. The molecular weight excluding hydrogens is 192 g/mol. The van der Waals surface area contributed by atoms with Gasteiger partial charge in [0.2, 0.25) is 0 Å². The molecule has 0 amide bonds. The van der Waals surface area contributed by atoms with E-state index in [0.717, 1.165) is 11.8 Å². The predicted octanol–water partition coefficient (Wildman–Crippen LogP) is 4.18. The molecular formula is C16H20. The maximum atomic E-state index is 2.45. The third kappa shape index (κ3) is 1.00. The summed E-state index contributed by atoms with van der Waals surface area (Å²) < 4.78 is 0. The molecule has 1 aromatic carbocycles. The highest BCUT2D eigenvalue weighted by molar-refractivity contribution is 5.37. The van der Waals surface area contributed by atoms with Crippen LogP contribution in [0.1, 0.15) is 32.8 Å². The van der Waals surface area contributed by atoms with E-state index in [1.165, 1.54) is 12.0 Å². The highest BCUT2D eigenvalue weighted by atomic mass is 14.6. The summed E-state index contributed by atoms with van der Waals surface area (Å²) in [5.41, 5.74) is 2.21. The van der Waals surface area contributed by atoms with E-state index in [1.54, 1.807) is 0 Å². The third-order valence-electron chi connectivity index (χ3n) is 5.46. The molecule has 0 nitrogen and oxygen atoms in total. The summed E-state index contributed by atoms with van der Waals surface area (Å²) in [6.07, 6.45) is 6.23. The van der Waals surface area contributed by atoms with Crippen molar-refractivity contribution < 1.29 is 0 Å². The quantitative estimate of drug-likeness (QED) is 0.613. The molecule has 0 aromatic heterocycles. The maximum Gasteiger partial charge on any atom is 0.00443 e. The molecule has 84 valence electrons. The normalized spacial score (nSPS) is 39.2. The summed E-state index contributed by atoms with van der Waals surface area (Å²) in [6, 6.07) is 11.1. The van der Waals surface area contributed by atoms with Crippen LogP contribution < -0.4 is 0 Å². The molecule has 3 atom stereocenters. The van der Waals surface area contributed by atoms with Gasteiger partial charge in [0.15, 0.2) is 0 Å². The molecule has 0 heterocycles. The Morgan fingerprint density at radius 2 is 1.56 bits per heavy atom.